The number of halogens is 3. The Hall–Kier alpha value is -1.96. The number of amides is 2. The summed E-state index contributed by atoms with van der Waals surface area (Å²) in [4.78, 5) is 23.4. The smallest absolute Gasteiger partial charge is 0.276 e. The van der Waals surface area contributed by atoms with Gasteiger partial charge in [0.2, 0.25) is 0 Å². The number of hydrogen-bond acceptors (Lipinski definition) is 4. The van der Waals surface area contributed by atoms with Crippen LogP contribution in [0.2, 0.25) is 10.0 Å². The second-order valence-electron chi connectivity index (χ2n) is 5.16. The van der Waals surface area contributed by atoms with Gasteiger partial charge in [-0.05, 0) is 48.9 Å². The minimum Gasteiger partial charge on any atom is -0.484 e. The van der Waals surface area contributed by atoms with Crippen molar-refractivity contribution in [2.45, 2.75) is 6.92 Å². The Morgan fingerprint density at radius 3 is 2.23 bits per heavy atom. The highest BCUT2D eigenvalue weighted by molar-refractivity contribution is 9.10. The first-order valence-electron chi connectivity index (χ1n) is 7.39. The molecule has 0 aliphatic heterocycles. The molecule has 0 unspecified atom stereocenters. The molecule has 0 atom stereocenters. The fourth-order valence-electron chi connectivity index (χ4n) is 1.80. The predicted molar refractivity (Wildman–Crippen MR) is 103 cm³/mol. The van der Waals surface area contributed by atoms with Crippen molar-refractivity contribution in [2.24, 2.45) is 0 Å². The molecule has 0 fully saturated rings. The summed E-state index contributed by atoms with van der Waals surface area (Å²) >= 11 is 15.2. The highest BCUT2D eigenvalue weighted by Gasteiger charge is 2.09. The van der Waals surface area contributed by atoms with E-state index in [4.69, 9.17) is 32.7 Å². The Labute approximate surface area is 168 Å². The van der Waals surface area contributed by atoms with E-state index in [0.29, 0.717) is 21.5 Å². The number of aryl methyl sites for hydroxylation is 1. The highest BCUT2D eigenvalue weighted by Crippen LogP contribution is 2.27. The molecule has 2 aromatic carbocycles. The quantitative estimate of drug-likeness (QED) is 0.643. The van der Waals surface area contributed by atoms with Gasteiger partial charge in [0.1, 0.15) is 11.5 Å². The fraction of sp³-hybridized carbons (Fsp3) is 0.176. The molecule has 2 N–H and O–H groups in total. The van der Waals surface area contributed by atoms with E-state index in [2.05, 4.69) is 26.8 Å². The first kappa shape index (κ1) is 20.4. The van der Waals surface area contributed by atoms with E-state index >= 15 is 0 Å². The van der Waals surface area contributed by atoms with Crippen LogP contribution in [0.4, 0.5) is 0 Å². The van der Waals surface area contributed by atoms with Gasteiger partial charge in [-0.25, -0.2) is 0 Å². The lowest BCUT2D eigenvalue weighted by Gasteiger charge is -2.11. The SMILES string of the molecule is Cc1cc(OCC(=O)NNC(=O)COc2ccc(Br)cc2Cl)ccc1Cl. The third-order valence-corrected chi connectivity index (χ3v) is 4.31. The van der Waals surface area contributed by atoms with Crippen molar-refractivity contribution >= 4 is 50.9 Å². The van der Waals surface area contributed by atoms with E-state index in [1.54, 1.807) is 36.4 Å². The lowest BCUT2D eigenvalue weighted by atomic mass is 10.2. The molecule has 26 heavy (non-hydrogen) atoms. The van der Waals surface area contributed by atoms with Gasteiger partial charge in [0.25, 0.3) is 11.8 Å². The van der Waals surface area contributed by atoms with Crippen molar-refractivity contribution in [2.75, 3.05) is 13.2 Å². The molecule has 0 aliphatic carbocycles. The van der Waals surface area contributed by atoms with Crippen LogP contribution in [-0.2, 0) is 9.59 Å². The first-order valence-corrected chi connectivity index (χ1v) is 8.94. The van der Waals surface area contributed by atoms with Gasteiger partial charge >= 0.3 is 0 Å². The van der Waals surface area contributed by atoms with Crippen molar-refractivity contribution < 1.29 is 19.1 Å². The first-order chi connectivity index (χ1) is 12.3. The molecule has 2 aromatic rings. The Bertz CT molecular complexity index is 817. The fourth-order valence-corrected chi connectivity index (χ4v) is 2.65. The summed E-state index contributed by atoms with van der Waals surface area (Å²) in [5.74, 6) is -0.202. The van der Waals surface area contributed by atoms with Crippen molar-refractivity contribution in [1.29, 1.82) is 0 Å². The molecule has 138 valence electrons. The minimum atomic E-state index is -0.542. The predicted octanol–water partition coefficient (Wildman–Crippen LogP) is 3.67. The molecule has 0 saturated carbocycles. The average molecular weight is 462 g/mol. The third-order valence-electron chi connectivity index (χ3n) is 3.09. The van der Waals surface area contributed by atoms with E-state index in [9.17, 15) is 9.59 Å². The number of carbonyl (C=O) groups is 2. The average Bonchev–Trinajstić information content (AvgIpc) is 2.60. The molecule has 0 aromatic heterocycles. The maximum absolute atomic E-state index is 11.7. The number of rotatable bonds is 6. The molecule has 0 heterocycles. The molecular weight excluding hydrogens is 447 g/mol. The van der Waals surface area contributed by atoms with Crippen molar-refractivity contribution in [3.8, 4) is 11.5 Å². The summed E-state index contributed by atoms with van der Waals surface area (Å²) in [7, 11) is 0. The van der Waals surface area contributed by atoms with Gasteiger partial charge in [0, 0.05) is 9.50 Å². The summed E-state index contributed by atoms with van der Waals surface area (Å²) < 4.78 is 11.4. The number of benzene rings is 2. The molecule has 0 bridgehead atoms. The van der Waals surface area contributed by atoms with Crippen LogP contribution in [0, 0.1) is 6.92 Å². The summed E-state index contributed by atoms with van der Waals surface area (Å²) in [6, 6.07) is 10.0. The number of carbonyl (C=O) groups excluding carboxylic acids is 2. The number of nitrogens with one attached hydrogen (secondary N) is 2. The van der Waals surface area contributed by atoms with Gasteiger partial charge < -0.3 is 9.47 Å². The normalized spacial score (nSPS) is 10.2. The molecule has 0 radical (unpaired) electrons. The highest BCUT2D eigenvalue weighted by atomic mass is 79.9. The topological polar surface area (TPSA) is 76.7 Å². The van der Waals surface area contributed by atoms with E-state index in [0.717, 1.165) is 10.0 Å². The van der Waals surface area contributed by atoms with Gasteiger partial charge in [-0.2, -0.15) is 0 Å². The van der Waals surface area contributed by atoms with Crippen molar-refractivity contribution in [3.63, 3.8) is 0 Å². The lowest BCUT2D eigenvalue weighted by molar-refractivity contribution is -0.131. The maximum atomic E-state index is 11.7. The van der Waals surface area contributed by atoms with E-state index in [1.807, 2.05) is 6.92 Å². The molecular formula is C17H15BrCl2N2O4. The summed E-state index contributed by atoms with van der Waals surface area (Å²) in [6.07, 6.45) is 0. The van der Waals surface area contributed by atoms with Crippen molar-refractivity contribution in [1.82, 2.24) is 10.9 Å². The maximum Gasteiger partial charge on any atom is 0.276 e. The Morgan fingerprint density at radius 2 is 1.62 bits per heavy atom. The third kappa shape index (κ3) is 6.40. The monoisotopic (exact) mass is 460 g/mol. The van der Waals surface area contributed by atoms with Crippen LogP contribution >= 0.6 is 39.1 Å². The van der Waals surface area contributed by atoms with Crippen LogP contribution in [-0.4, -0.2) is 25.0 Å². The lowest BCUT2D eigenvalue weighted by Crippen LogP contribution is -2.45. The molecule has 0 spiro atoms. The molecule has 0 aliphatic rings. The van der Waals surface area contributed by atoms with Crippen LogP contribution in [0.25, 0.3) is 0 Å². The minimum absolute atomic E-state index is 0.263. The zero-order chi connectivity index (χ0) is 19.1. The number of hydrogen-bond donors (Lipinski definition) is 2. The van der Waals surface area contributed by atoms with Crippen LogP contribution in [0.5, 0.6) is 11.5 Å². The van der Waals surface area contributed by atoms with E-state index in [1.165, 1.54) is 0 Å². The Balaban J connectivity index is 1.71. The van der Waals surface area contributed by atoms with Gasteiger partial charge in [0.05, 0.1) is 5.02 Å². The zero-order valence-corrected chi connectivity index (χ0v) is 16.7. The van der Waals surface area contributed by atoms with Crippen LogP contribution in [0.1, 0.15) is 5.56 Å². The largest absolute Gasteiger partial charge is 0.484 e. The van der Waals surface area contributed by atoms with E-state index in [-0.39, 0.29) is 13.2 Å². The molecule has 9 heteroatoms. The van der Waals surface area contributed by atoms with Crippen LogP contribution in [0.15, 0.2) is 40.9 Å². The molecule has 6 nitrogen and oxygen atoms in total. The second-order valence-corrected chi connectivity index (χ2v) is 6.89. The van der Waals surface area contributed by atoms with Gasteiger partial charge in [0.15, 0.2) is 13.2 Å². The van der Waals surface area contributed by atoms with Crippen LogP contribution < -0.4 is 20.3 Å². The number of ether oxygens (including phenoxy) is 2. The molecule has 2 amide bonds. The Kier molecular flexibility index (Phi) is 7.56. The van der Waals surface area contributed by atoms with E-state index < -0.39 is 11.8 Å². The van der Waals surface area contributed by atoms with Crippen molar-refractivity contribution in [3.05, 3.63) is 56.5 Å². The summed E-state index contributed by atoms with van der Waals surface area (Å²) in [5.41, 5.74) is 5.29. The van der Waals surface area contributed by atoms with Gasteiger partial charge in [-0.1, -0.05) is 39.1 Å². The summed E-state index contributed by atoms with van der Waals surface area (Å²) in [5, 5.41) is 0.975. The molecule has 0 saturated heterocycles. The Morgan fingerprint density at radius 1 is 0.962 bits per heavy atom. The number of hydrazine groups is 1. The molecule has 2 rings (SSSR count). The standard InChI is InChI=1S/C17H15BrCl2N2O4/c1-10-6-12(3-4-13(10)19)25-8-16(23)21-22-17(24)9-26-15-5-2-11(18)7-14(15)20/h2-7H,8-9H2,1H3,(H,21,23)(H,22,24). The van der Waals surface area contributed by atoms with Gasteiger partial charge in [-0.15, -0.1) is 0 Å². The second kappa shape index (κ2) is 9.66. The zero-order valence-electron chi connectivity index (χ0n) is 13.6. The van der Waals surface area contributed by atoms with Crippen LogP contribution in [0.3, 0.4) is 0 Å². The van der Waals surface area contributed by atoms with Gasteiger partial charge in [-0.3, -0.25) is 20.4 Å². The summed E-state index contributed by atoms with van der Waals surface area (Å²) in [6.45, 7) is 1.26.